The van der Waals surface area contributed by atoms with E-state index in [2.05, 4.69) is 31.8 Å². The van der Waals surface area contributed by atoms with Crippen LogP contribution in [0.5, 0.6) is 17.2 Å². The van der Waals surface area contributed by atoms with Gasteiger partial charge in [-0.05, 0) is 48.0 Å². The predicted molar refractivity (Wildman–Crippen MR) is 142 cm³/mol. The van der Waals surface area contributed by atoms with Crippen LogP contribution in [0, 0.1) is 11.8 Å². The highest BCUT2D eigenvalue weighted by atomic mass is 32.2. The molecule has 3 heterocycles. The molecule has 198 valence electrons. The van der Waals surface area contributed by atoms with E-state index >= 15 is 0 Å². The van der Waals surface area contributed by atoms with Crippen LogP contribution in [0.3, 0.4) is 0 Å². The van der Waals surface area contributed by atoms with Gasteiger partial charge in [-0.15, -0.1) is 0 Å². The van der Waals surface area contributed by atoms with E-state index in [0.29, 0.717) is 34.4 Å². The van der Waals surface area contributed by atoms with Crippen molar-refractivity contribution in [2.24, 2.45) is 0 Å². The SMILES string of the molecule is COc1cc(C#Cc2cccnc2)cc(OC)c1S(=O)(=O)Nc1noc2cc(Cn3cccn3)cc(OC)c12. The van der Waals surface area contributed by atoms with Crippen molar-refractivity contribution in [3.8, 4) is 29.1 Å². The van der Waals surface area contributed by atoms with Gasteiger partial charge in [-0.25, -0.2) is 8.42 Å². The van der Waals surface area contributed by atoms with Crippen molar-refractivity contribution in [1.82, 2.24) is 19.9 Å². The van der Waals surface area contributed by atoms with Gasteiger partial charge in [0.25, 0.3) is 10.0 Å². The molecule has 0 aliphatic heterocycles. The molecule has 11 nitrogen and oxygen atoms in total. The van der Waals surface area contributed by atoms with Crippen LogP contribution < -0.4 is 18.9 Å². The summed E-state index contributed by atoms with van der Waals surface area (Å²) in [7, 11) is -0.0636. The molecule has 0 atom stereocenters. The second kappa shape index (κ2) is 10.8. The number of benzene rings is 2. The number of hydrogen-bond donors (Lipinski definition) is 1. The van der Waals surface area contributed by atoms with Crippen LogP contribution >= 0.6 is 0 Å². The molecule has 0 unspecified atom stereocenters. The number of ether oxygens (including phenoxy) is 3. The van der Waals surface area contributed by atoms with Crippen molar-refractivity contribution in [3.63, 3.8) is 0 Å². The minimum atomic E-state index is -4.27. The average molecular weight is 546 g/mol. The van der Waals surface area contributed by atoms with Gasteiger partial charge in [0.05, 0.1) is 27.9 Å². The van der Waals surface area contributed by atoms with E-state index in [-0.39, 0.29) is 22.2 Å². The lowest BCUT2D eigenvalue weighted by atomic mass is 10.1. The molecule has 0 radical (unpaired) electrons. The second-order valence-electron chi connectivity index (χ2n) is 8.21. The zero-order chi connectivity index (χ0) is 27.4. The number of nitrogens with one attached hydrogen (secondary N) is 1. The monoisotopic (exact) mass is 545 g/mol. The van der Waals surface area contributed by atoms with Gasteiger partial charge < -0.3 is 18.7 Å². The standard InChI is InChI=1S/C27H23N5O6S/c1-35-21-14-20(17-32-11-5-10-29-32)15-22-25(21)27(30-38-22)31-39(33,34)26-23(36-2)12-19(13-24(26)37-3)8-7-18-6-4-9-28-16-18/h4-6,9-16H,17H2,1-3H3,(H,30,31). The molecule has 3 aromatic heterocycles. The van der Waals surface area contributed by atoms with Gasteiger partial charge >= 0.3 is 0 Å². The topological polar surface area (TPSA) is 131 Å². The maximum Gasteiger partial charge on any atom is 0.270 e. The summed E-state index contributed by atoms with van der Waals surface area (Å²) in [4.78, 5) is 3.82. The number of pyridine rings is 1. The third-order valence-electron chi connectivity index (χ3n) is 5.69. The summed E-state index contributed by atoms with van der Waals surface area (Å²) >= 11 is 0. The fourth-order valence-electron chi connectivity index (χ4n) is 3.97. The van der Waals surface area contributed by atoms with Gasteiger partial charge in [-0.2, -0.15) is 5.10 Å². The number of methoxy groups -OCH3 is 3. The maximum atomic E-state index is 13.6. The van der Waals surface area contributed by atoms with Crippen LogP contribution in [0.1, 0.15) is 16.7 Å². The molecule has 2 aromatic carbocycles. The van der Waals surface area contributed by atoms with E-state index < -0.39 is 10.0 Å². The van der Waals surface area contributed by atoms with E-state index in [0.717, 1.165) is 5.56 Å². The molecule has 0 bridgehead atoms. The highest BCUT2D eigenvalue weighted by molar-refractivity contribution is 7.93. The van der Waals surface area contributed by atoms with Crippen LogP contribution in [-0.4, -0.2) is 49.7 Å². The zero-order valence-electron chi connectivity index (χ0n) is 21.2. The molecule has 1 N–H and O–H groups in total. The number of fused-ring (bicyclic) bond motifs is 1. The van der Waals surface area contributed by atoms with Gasteiger partial charge in [0.2, 0.25) is 0 Å². The van der Waals surface area contributed by atoms with Crippen LogP contribution in [-0.2, 0) is 16.6 Å². The maximum absolute atomic E-state index is 13.6. The van der Waals surface area contributed by atoms with Gasteiger partial charge in [0.1, 0.15) is 22.6 Å². The van der Waals surface area contributed by atoms with E-state index in [4.69, 9.17) is 18.7 Å². The van der Waals surface area contributed by atoms with Crippen molar-refractivity contribution in [3.05, 3.63) is 83.9 Å². The van der Waals surface area contributed by atoms with E-state index in [1.165, 1.54) is 33.5 Å². The first-order valence-corrected chi connectivity index (χ1v) is 13.0. The lowest BCUT2D eigenvalue weighted by molar-refractivity contribution is 0.373. The van der Waals surface area contributed by atoms with Crippen molar-refractivity contribution in [1.29, 1.82) is 0 Å². The first-order valence-electron chi connectivity index (χ1n) is 11.6. The van der Waals surface area contributed by atoms with E-state index in [9.17, 15) is 8.42 Å². The predicted octanol–water partition coefficient (Wildman–Crippen LogP) is 3.69. The molecular weight excluding hydrogens is 522 g/mol. The molecule has 0 aliphatic rings. The number of hydrogen-bond acceptors (Lipinski definition) is 9. The Bertz CT molecular complexity index is 1760. The Kier molecular flexibility index (Phi) is 7.07. The Morgan fingerprint density at radius 2 is 1.69 bits per heavy atom. The largest absolute Gasteiger partial charge is 0.496 e. The van der Waals surface area contributed by atoms with Gasteiger partial charge in [-0.3, -0.25) is 14.4 Å². The minimum absolute atomic E-state index is 0.0404. The number of nitrogens with zero attached hydrogens (tertiary/aromatic N) is 4. The van der Waals surface area contributed by atoms with Gasteiger partial charge in [-0.1, -0.05) is 17.0 Å². The van der Waals surface area contributed by atoms with Crippen LogP contribution in [0.15, 0.2) is 76.7 Å². The first kappa shape index (κ1) is 25.6. The Balaban J connectivity index is 1.51. The molecule has 0 aliphatic carbocycles. The van der Waals surface area contributed by atoms with Crippen molar-refractivity contribution in [2.75, 3.05) is 26.1 Å². The summed E-state index contributed by atoms with van der Waals surface area (Å²) in [6, 6.07) is 12.0. The molecule has 39 heavy (non-hydrogen) atoms. The summed E-state index contributed by atoms with van der Waals surface area (Å²) < 4.78 is 53.3. The highest BCUT2D eigenvalue weighted by Crippen LogP contribution is 2.39. The Morgan fingerprint density at radius 1 is 0.949 bits per heavy atom. The molecule has 0 fully saturated rings. The van der Waals surface area contributed by atoms with E-state index in [1.807, 2.05) is 18.3 Å². The average Bonchev–Trinajstić information content (AvgIpc) is 3.61. The molecule has 5 rings (SSSR count). The smallest absolute Gasteiger partial charge is 0.270 e. The zero-order valence-corrected chi connectivity index (χ0v) is 22.0. The number of rotatable bonds is 8. The molecule has 0 spiro atoms. The minimum Gasteiger partial charge on any atom is -0.496 e. The van der Waals surface area contributed by atoms with Crippen molar-refractivity contribution >= 4 is 26.8 Å². The fourth-order valence-corrected chi connectivity index (χ4v) is 5.28. The second-order valence-corrected chi connectivity index (χ2v) is 9.83. The highest BCUT2D eigenvalue weighted by Gasteiger charge is 2.29. The molecule has 5 aromatic rings. The van der Waals surface area contributed by atoms with Crippen LogP contribution in [0.2, 0.25) is 0 Å². The quantitative estimate of drug-likeness (QED) is 0.290. The first-order chi connectivity index (χ1) is 18.9. The lowest BCUT2D eigenvalue weighted by Gasteiger charge is -2.15. The van der Waals surface area contributed by atoms with Crippen LogP contribution in [0.25, 0.3) is 11.0 Å². The third-order valence-corrected chi connectivity index (χ3v) is 7.10. The molecule has 0 amide bonds. The normalized spacial score (nSPS) is 11.1. The molecule has 0 saturated heterocycles. The summed E-state index contributed by atoms with van der Waals surface area (Å²) in [6.07, 6.45) is 6.78. The molecule has 12 heteroatoms. The lowest BCUT2D eigenvalue weighted by Crippen LogP contribution is -2.16. The Labute approximate surface area is 224 Å². The summed E-state index contributed by atoms with van der Waals surface area (Å²) in [5, 5.41) is 8.53. The third kappa shape index (κ3) is 5.34. The number of aromatic nitrogens is 4. The number of sulfonamides is 1. The summed E-state index contributed by atoms with van der Waals surface area (Å²) in [5.41, 5.74) is 2.37. The number of anilines is 1. The van der Waals surface area contributed by atoms with Crippen molar-refractivity contribution < 1.29 is 27.2 Å². The fraction of sp³-hybridized carbons (Fsp3) is 0.148. The summed E-state index contributed by atoms with van der Waals surface area (Å²) in [6.45, 7) is 0.464. The van der Waals surface area contributed by atoms with Gasteiger partial charge in [0.15, 0.2) is 16.3 Å². The molecular formula is C27H23N5O6S. The van der Waals surface area contributed by atoms with E-state index in [1.54, 1.807) is 41.5 Å². The van der Waals surface area contributed by atoms with Crippen LogP contribution in [0.4, 0.5) is 5.82 Å². The van der Waals surface area contributed by atoms with Gasteiger partial charge in [0, 0.05) is 35.9 Å². The Morgan fingerprint density at radius 3 is 2.33 bits per heavy atom. The molecule has 0 saturated carbocycles. The Hall–Kier alpha value is -5.02. The van der Waals surface area contributed by atoms with Crippen molar-refractivity contribution in [2.45, 2.75) is 11.4 Å². The summed E-state index contributed by atoms with van der Waals surface area (Å²) in [5.74, 6) is 6.38.